The summed E-state index contributed by atoms with van der Waals surface area (Å²) in [6.07, 6.45) is 0.537. The molecule has 142 valence electrons. The van der Waals surface area contributed by atoms with Crippen LogP contribution in [0.4, 0.5) is 11.4 Å². The summed E-state index contributed by atoms with van der Waals surface area (Å²) in [6.45, 7) is 3.92. The van der Waals surface area contributed by atoms with Gasteiger partial charge >= 0.3 is 0 Å². The van der Waals surface area contributed by atoms with E-state index in [0.717, 1.165) is 16.8 Å². The molecule has 2 N–H and O–H groups in total. The Kier molecular flexibility index (Phi) is 5.35. The molecule has 2 aromatic rings. The van der Waals surface area contributed by atoms with E-state index < -0.39 is 0 Å². The van der Waals surface area contributed by atoms with Gasteiger partial charge in [0.25, 0.3) is 0 Å². The van der Waals surface area contributed by atoms with Crippen molar-refractivity contribution in [2.75, 3.05) is 24.9 Å². The average Bonchev–Trinajstić information content (AvgIpc) is 3.45. The van der Waals surface area contributed by atoms with E-state index in [1.54, 1.807) is 25.3 Å². The summed E-state index contributed by atoms with van der Waals surface area (Å²) in [4.78, 5) is 25.0. The standard InChI is InChI=1S/C21H24N2O4/c1-12-5-6-13(2)17(9-12)22-20(24)15-11-16(15)21(25)23-18-10-14(26-3)7-8-19(18)27-4/h5-10,15-16H,11H2,1-4H3,(H,22,24)(H,23,25). The van der Waals surface area contributed by atoms with Crippen LogP contribution < -0.4 is 20.1 Å². The lowest BCUT2D eigenvalue weighted by molar-refractivity contribution is -0.122. The van der Waals surface area contributed by atoms with Gasteiger partial charge in [-0.2, -0.15) is 0 Å². The maximum Gasteiger partial charge on any atom is 0.228 e. The number of methoxy groups -OCH3 is 2. The summed E-state index contributed by atoms with van der Waals surface area (Å²) in [7, 11) is 3.09. The van der Waals surface area contributed by atoms with Crippen LogP contribution in [0.2, 0.25) is 0 Å². The van der Waals surface area contributed by atoms with Gasteiger partial charge in [-0.05, 0) is 49.6 Å². The Labute approximate surface area is 158 Å². The lowest BCUT2D eigenvalue weighted by Gasteiger charge is -2.12. The van der Waals surface area contributed by atoms with Crippen LogP contribution in [0.25, 0.3) is 0 Å². The van der Waals surface area contributed by atoms with Crippen LogP contribution in [0.1, 0.15) is 17.5 Å². The van der Waals surface area contributed by atoms with Crippen LogP contribution in [0.3, 0.4) is 0 Å². The Hall–Kier alpha value is -3.02. The van der Waals surface area contributed by atoms with Crippen molar-refractivity contribution in [1.29, 1.82) is 0 Å². The third-order valence-electron chi connectivity index (χ3n) is 4.78. The topological polar surface area (TPSA) is 76.7 Å². The summed E-state index contributed by atoms with van der Waals surface area (Å²) < 4.78 is 10.5. The maximum absolute atomic E-state index is 12.5. The fourth-order valence-corrected chi connectivity index (χ4v) is 3.01. The molecule has 0 bridgehead atoms. The third kappa shape index (κ3) is 4.22. The van der Waals surface area contributed by atoms with Crippen molar-refractivity contribution < 1.29 is 19.1 Å². The van der Waals surface area contributed by atoms with Gasteiger partial charge in [-0.1, -0.05) is 12.1 Å². The second-order valence-electron chi connectivity index (χ2n) is 6.81. The highest BCUT2D eigenvalue weighted by Gasteiger charge is 2.48. The van der Waals surface area contributed by atoms with E-state index in [2.05, 4.69) is 10.6 Å². The Bertz CT molecular complexity index is 878. The number of hydrogen-bond acceptors (Lipinski definition) is 4. The van der Waals surface area contributed by atoms with Gasteiger partial charge < -0.3 is 20.1 Å². The van der Waals surface area contributed by atoms with Crippen LogP contribution in [-0.2, 0) is 9.59 Å². The second kappa shape index (κ2) is 7.70. The molecule has 1 fully saturated rings. The number of anilines is 2. The molecular weight excluding hydrogens is 344 g/mol. The molecule has 6 nitrogen and oxygen atoms in total. The molecule has 2 atom stereocenters. The van der Waals surface area contributed by atoms with Crippen molar-refractivity contribution in [2.24, 2.45) is 11.8 Å². The molecule has 27 heavy (non-hydrogen) atoms. The largest absolute Gasteiger partial charge is 0.497 e. The van der Waals surface area contributed by atoms with E-state index in [1.165, 1.54) is 7.11 Å². The molecule has 1 saturated carbocycles. The molecular formula is C21H24N2O4. The first-order valence-electron chi connectivity index (χ1n) is 8.84. The molecule has 6 heteroatoms. The van der Waals surface area contributed by atoms with Crippen molar-refractivity contribution in [3.63, 3.8) is 0 Å². The number of nitrogens with one attached hydrogen (secondary N) is 2. The van der Waals surface area contributed by atoms with E-state index in [-0.39, 0.29) is 23.7 Å². The van der Waals surface area contributed by atoms with Gasteiger partial charge in [-0.25, -0.2) is 0 Å². The quantitative estimate of drug-likeness (QED) is 0.818. The SMILES string of the molecule is COc1ccc(OC)c(NC(=O)C2CC2C(=O)Nc2cc(C)ccc2C)c1. The summed E-state index contributed by atoms with van der Waals surface area (Å²) in [5.74, 6) is 0.184. The Morgan fingerprint density at radius 1 is 0.889 bits per heavy atom. The summed E-state index contributed by atoms with van der Waals surface area (Å²) in [5, 5.41) is 5.78. The first-order valence-corrected chi connectivity index (χ1v) is 8.84. The Balaban J connectivity index is 1.63. The van der Waals surface area contributed by atoms with Crippen molar-refractivity contribution >= 4 is 23.2 Å². The van der Waals surface area contributed by atoms with Crippen molar-refractivity contribution in [3.05, 3.63) is 47.5 Å². The fourth-order valence-electron chi connectivity index (χ4n) is 3.01. The normalized spacial score (nSPS) is 17.8. The zero-order valence-corrected chi connectivity index (χ0v) is 16.0. The fraction of sp³-hybridized carbons (Fsp3) is 0.333. The van der Waals surface area contributed by atoms with Crippen molar-refractivity contribution in [3.8, 4) is 11.5 Å². The third-order valence-corrected chi connectivity index (χ3v) is 4.78. The van der Waals surface area contributed by atoms with E-state index in [9.17, 15) is 9.59 Å². The number of amides is 2. The first kappa shape index (κ1) is 18.8. The summed E-state index contributed by atoms with van der Waals surface area (Å²) in [5.41, 5.74) is 3.39. The van der Waals surface area contributed by atoms with Gasteiger partial charge in [0.2, 0.25) is 11.8 Å². The van der Waals surface area contributed by atoms with Crippen molar-refractivity contribution in [2.45, 2.75) is 20.3 Å². The molecule has 3 rings (SSSR count). The Morgan fingerprint density at radius 3 is 2.19 bits per heavy atom. The monoisotopic (exact) mass is 368 g/mol. The molecule has 2 unspecified atom stereocenters. The minimum absolute atomic E-state index is 0.124. The highest BCUT2D eigenvalue weighted by atomic mass is 16.5. The van der Waals surface area contributed by atoms with Crippen LogP contribution in [0.5, 0.6) is 11.5 Å². The predicted molar refractivity (Wildman–Crippen MR) is 104 cm³/mol. The molecule has 0 radical (unpaired) electrons. The number of carbonyl (C=O) groups excluding carboxylic acids is 2. The van der Waals surface area contributed by atoms with Gasteiger partial charge in [-0.3, -0.25) is 9.59 Å². The molecule has 2 aromatic carbocycles. The van der Waals surface area contributed by atoms with Gasteiger partial charge in [0.1, 0.15) is 11.5 Å². The second-order valence-corrected chi connectivity index (χ2v) is 6.81. The number of carbonyl (C=O) groups is 2. The molecule has 1 aliphatic rings. The average molecular weight is 368 g/mol. The molecule has 1 aliphatic carbocycles. The highest BCUT2D eigenvalue weighted by Crippen LogP contribution is 2.41. The highest BCUT2D eigenvalue weighted by molar-refractivity contribution is 6.04. The minimum Gasteiger partial charge on any atom is -0.497 e. The summed E-state index contributed by atoms with van der Waals surface area (Å²) in [6, 6.07) is 11.1. The van der Waals surface area contributed by atoms with Crippen LogP contribution in [0, 0.1) is 25.7 Å². The Morgan fingerprint density at radius 2 is 1.56 bits per heavy atom. The molecule has 0 saturated heterocycles. The van der Waals surface area contributed by atoms with Gasteiger partial charge in [0.15, 0.2) is 0 Å². The maximum atomic E-state index is 12.5. The van der Waals surface area contributed by atoms with Crippen LogP contribution in [-0.4, -0.2) is 26.0 Å². The number of ether oxygens (including phenoxy) is 2. The zero-order valence-electron chi connectivity index (χ0n) is 16.0. The molecule has 0 aromatic heterocycles. The lowest BCUT2D eigenvalue weighted by Crippen LogP contribution is -2.21. The zero-order chi connectivity index (χ0) is 19.6. The molecule has 2 amide bonds. The van der Waals surface area contributed by atoms with Crippen LogP contribution >= 0.6 is 0 Å². The number of benzene rings is 2. The van der Waals surface area contributed by atoms with Gasteiger partial charge in [0.05, 0.1) is 31.7 Å². The molecule has 0 aliphatic heterocycles. The lowest BCUT2D eigenvalue weighted by atomic mass is 10.1. The number of aryl methyl sites for hydroxylation is 2. The molecule has 0 spiro atoms. The van der Waals surface area contributed by atoms with Gasteiger partial charge in [0, 0.05) is 11.8 Å². The number of hydrogen-bond donors (Lipinski definition) is 2. The van der Waals surface area contributed by atoms with E-state index >= 15 is 0 Å². The number of rotatable bonds is 6. The van der Waals surface area contributed by atoms with Crippen LogP contribution in [0.15, 0.2) is 36.4 Å². The van der Waals surface area contributed by atoms with E-state index in [0.29, 0.717) is 23.6 Å². The smallest absolute Gasteiger partial charge is 0.228 e. The van der Waals surface area contributed by atoms with E-state index in [4.69, 9.17) is 9.47 Å². The van der Waals surface area contributed by atoms with Gasteiger partial charge in [-0.15, -0.1) is 0 Å². The molecule has 0 heterocycles. The summed E-state index contributed by atoms with van der Waals surface area (Å²) >= 11 is 0. The first-order chi connectivity index (χ1) is 12.9. The predicted octanol–water partition coefficient (Wildman–Crippen LogP) is 3.53. The van der Waals surface area contributed by atoms with E-state index in [1.807, 2.05) is 32.0 Å². The minimum atomic E-state index is -0.342. The van der Waals surface area contributed by atoms with Crippen molar-refractivity contribution in [1.82, 2.24) is 0 Å².